The summed E-state index contributed by atoms with van der Waals surface area (Å²) in [5.41, 5.74) is 0. The number of esters is 2. The van der Waals surface area contributed by atoms with Crippen LogP contribution >= 0.6 is 0 Å². The molecule has 0 radical (unpaired) electrons. The number of rotatable bonds is 5. The molecular formula is C16H26O5. The van der Waals surface area contributed by atoms with Gasteiger partial charge in [0.1, 0.15) is 5.78 Å². The van der Waals surface area contributed by atoms with Gasteiger partial charge in [-0.15, -0.1) is 0 Å². The van der Waals surface area contributed by atoms with Crippen LogP contribution in [0.3, 0.4) is 0 Å². The number of Topliss-reactive ketones (excluding diaryl/α,β-unsaturated/α-hetero) is 1. The molecule has 0 aromatic carbocycles. The Hall–Kier alpha value is -1.39. The zero-order chi connectivity index (χ0) is 16.0. The minimum Gasteiger partial charge on any atom is -0.462 e. The van der Waals surface area contributed by atoms with Gasteiger partial charge in [0.15, 0.2) is 5.92 Å². The average Bonchev–Trinajstić information content (AvgIpc) is 2.52. The van der Waals surface area contributed by atoms with E-state index in [9.17, 15) is 14.4 Å². The monoisotopic (exact) mass is 298 g/mol. The van der Waals surface area contributed by atoms with Crippen LogP contribution in [0.1, 0.15) is 59.8 Å². The molecule has 1 fully saturated rings. The van der Waals surface area contributed by atoms with E-state index in [0.717, 1.165) is 12.8 Å². The predicted molar refractivity (Wildman–Crippen MR) is 77.5 cm³/mol. The molecule has 0 N–H and O–H groups in total. The summed E-state index contributed by atoms with van der Waals surface area (Å²) in [6.07, 6.45) is 2.53. The lowest BCUT2D eigenvalue weighted by molar-refractivity contribution is -0.169. The van der Waals surface area contributed by atoms with E-state index >= 15 is 0 Å². The summed E-state index contributed by atoms with van der Waals surface area (Å²) >= 11 is 0. The fourth-order valence-electron chi connectivity index (χ4n) is 2.60. The van der Waals surface area contributed by atoms with Gasteiger partial charge in [0.25, 0.3) is 0 Å². The first-order valence-electron chi connectivity index (χ1n) is 7.74. The van der Waals surface area contributed by atoms with Crippen molar-refractivity contribution in [2.45, 2.75) is 72.0 Å². The Bertz CT molecular complexity index is 364. The Morgan fingerprint density at radius 3 is 2.00 bits per heavy atom. The molecule has 1 aliphatic carbocycles. The standard InChI is InChI=1S/C16H26O5/c1-10(2)20-15(18)14(16(19)21-11(3)4)12-7-5-6-8-13(17)9-12/h10-12,14H,5-9H2,1-4H3/t12-/m0/s1. The smallest absolute Gasteiger partial charge is 0.320 e. The molecule has 1 aliphatic rings. The number of hydrogen-bond acceptors (Lipinski definition) is 5. The highest BCUT2D eigenvalue weighted by molar-refractivity contribution is 5.96. The van der Waals surface area contributed by atoms with Crippen molar-refractivity contribution in [2.24, 2.45) is 11.8 Å². The second-order valence-electron chi connectivity index (χ2n) is 6.20. The summed E-state index contributed by atoms with van der Waals surface area (Å²) in [4.78, 5) is 36.3. The minimum absolute atomic E-state index is 0.109. The van der Waals surface area contributed by atoms with Crippen LogP contribution in [-0.2, 0) is 23.9 Å². The van der Waals surface area contributed by atoms with Crippen LogP contribution in [0, 0.1) is 11.8 Å². The molecule has 0 bridgehead atoms. The molecule has 0 aromatic rings. The highest BCUT2D eigenvalue weighted by Crippen LogP contribution is 2.30. The Kier molecular flexibility index (Phi) is 6.85. The van der Waals surface area contributed by atoms with Crippen LogP contribution in [0.15, 0.2) is 0 Å². The van der Waals surface area contributed by atoms with E-state index in [0.29, 0.717) is 12.8 Å². The number of carbonyl (C=O) groups excluding carboxylic acids is 3. The number of carbonyl (C=O) groups is 3. The first-order valence-corrected chi connectivity index (χ1v) is 7.74. The van der Waals surface area contributed by atoms with Crippen LogP contribution < -0.4 is 0 Å². The van der Waals surface area contributed by atoms with Gasteiger partial charge in [-0.05, 0) is 46.5 Å². The van der Waals surface area contributed by atoms with Gasteiger partial charge in [0.05, 0.1) is 12.2 Å². The Morgan fingerprint density at radius 1 is 1.00 bits per heavy atom. The second-order valence-corrected chi connectivity index (χ2v) is 6.20. The van der Waals surface area contributed by atoms with E-state index in [1.807, 2.05) is 0 Å². The van der Waals surface area contributed by atoms with Gasteiger partial charge in [0, 0.05) is 12.8 Å². The molecule has 0 aromatic heterocycles. The van der Waals surface area contributed by atoms with Gasteiger partial charge in [0.2, 0.25) is 0 Å². The van der Waals surface area contributed by atoms with Crippen molar-refractivity contribution >= 4 is 17.7 Å². The number of ether oxygens (including phenoxy) is 2. The van der Waals surface area contributed by atoms with Crippen molar-refractivity contribution in [3.63, 3.8) is 0 Å². The van der Waals surface area contributed by atoms with Crippen molar-refractivity contribution < 1.29 is 23.9 Å². The maximum atomic E-state index is 12.3. The summed E-state index contributed by atoms with van der Waals surface area (Å²) in [6.45, 7) is 6.95. The predicted octanol–water partition coefficient (Wildman–Crippen LogP) is 2.66. The van der Waals surface area contributed by atoms with Crippen molar-refractivity contribution in [3.8, 4) is 0 Å². The molecular weight excluding hydrogens is 272 g/mol. The van der Waals surface area contributed by atoms with Gasteiger partial charge < -0.3 is 9.47 Å². The fourth-order valence-corrected chi connectivity index (χ4v) is 2.60. The molecule has 21 heavy (non-hydrogen) atoms. The van der Waals surface area contributed by atoms with E-state index in [1.165, 1.54) is 0 Å². The minimum atomic E-state index is -0.989. The third kappa shape index (κ3) is 5.86. The molecule has 120 valence electrons. The molecule has 5 heteroatoms. The number of hydrogen-bond donors (Lipinski definition) is 0. The van der Waals surface area contributed by atoms with Crippen LogP contribution in [0.2, 0.25) is 0 Å². The lowest BCUT2D eigenvalue weighted by atomic mass is 9.85. The van der Waals surface area contributed by atoms with E-state index in [1.54, 1.807) is 27.7 Å². The first kappa shape index (κ1) is 17.7. The summed E-state index contributed by atoms with van der Waals surface area (Å²) in [6, 6.07) is 0. The van der Waals surface area contributed by atoms with Crippen LogP contribution in [0.5, 0.6) is 0 Å². The maximum absolute atomic E-state index is 12.3. The van der Waals surface area contributed by atoms with E-state index in [4.69, 9.17) is 9.47 Å². The summed E-state index contributed by atoms with van der Waals surface area (Å²) in [5.74, 6) is -2.34. The van der Waals surface area contributed by atoms with Gasteiger partial charge in [-0.2, -0.15) is 0 Å². The summed E-state index contributed by atoms with van der Waals surface area (Å²) in [7, 11) is 0. The van der Waals surface area contributed by atoms with Gasteiger partial charge in [-0.3, -0.25) is 14.4 Å². The molecule has 0 amide bonds. The fraction of sp³-hybridized carbons (Fsp3) is 0.812. The maximum Gasteiger partial charge on any atom is 0.320 e. The van der Waals surface area contributed by atoms with Crippen LogP contribution in [-0.4, -0.2) is 29.9 Å². The largest absolute Gasteiger partial charge is 0.462 e. The van der Waals surface area contributed by atoms with Gasteiger partial charge in [-0.25, -0.2) is 0 Å². The molecule has 0 saturated heterocycles. The summed E-state index contributed by atoms with van der Waals surface area (Å²) in [5, 5.41) is 0. The Morgan fingerprint density at radius 2 is 1.52 bits per heavy atom. The lowest BCUT2D eigenvalue weighted by Gasteiger charge is -2.24. The average molecular weight is 298 g/mol. The van der Waals surface area contributed by atoms with Crippen LogP contribution in [0.4, 0.5) is 0 Å². The Labute approximate surface area is 126 Å². The highest BCUT2D eigenvalue weighted by Gasteiger charge is 2.39. The second kappa shape index (κ2) is 8.15. The summed E-state index contributed by atoms with van der Waals surface area (Å²) < 4.78 is 10.4. The zero-order valence-corrected chi connectivity index (χ0v) is 13.4. The molecule has 1 rings (SSSR count). The topological polar surface area (TPSA) is 69.7 Å². The third-order valence-electron chi connectivity index (χ3n) is 3.45. The van der Waals surface area contributed by atoms with Crippen molar-refractivity contribution in [1.82, 2.24) is 0 Å². The lowest BCUT2D eigenvalue weighted by Crippen LogP contribution is -2.37. The highest BCUT2D eigenvalue weighted by atomic mass is 16.6. The van der Waals surface area contributed by atoms with Crippen LogP contribution in [0.25, 0.3) is 0 Å². The molecule has 0 aliphatic heterocycles. The quantitative estimate of drug-likeness (QED) is 0.443. The SMILES string of the molecule is CC(C)OC(=O)C(C(=O)OC(C)C)[C@H]1CCCCC(=O)C1. The molecule has 0 heterocycles. The van der Waals surface area contributed by atoms with E-state index < -0.39 is 17.9 Å². The van der Waals surface area contributed by atoms with Crippen molar-refractivity contribution in [2.75, 3.05) is 0 Å². The van der Waals surface area contributed by atoms with Gasteiger partial charge >= 0.3 is 11.9 Å². The molecule has 1 atom stereocenters. The molecule has 1 saturated carbocycles. The first-order chi connectivity index (χ1) is 9.81. The Balaban J connectivity index is 2.90. The van der Waals surface area contributed by atoms with Gasteiger partial charge in [-0.1, -0.05) is 6.42 Å². The number of ketones is 1. The van der Waals surface area contributed by atoms with E-state index in [2.05, 4.69) is 0 Å². The third-order valence-corrected chi connectivity index (χ3v) is 3.45. The molecule has 5 nitrogen and oxygen atoms in total. The van der Waals surface area contributed by atoms with Crippen molar-refractivity contribution in [3.05, 3.63) is 0 Å². The van der Waals surface area contributed by atoms with Crippen molar-refractivity contribution in [1.29, 1.82) is 0 Å². The van der Waals surface area contributed by atoms with E-state index in [-0.39, 0.29) is 30.3 Å². The normalized spacial score (nSPS) is 19.8. The molecule has 0 spiro atoms. The molecule has 0 unspecified atom stereocenters. The zero-order valence-electron chi connectivity index (χ0n) is 13.4.